The molecule has 0 N–H and O–H groups in total. The summed E-state index contributed by atoms with van der Waals surface area (Å²) in [5.41, 5.74) is 1.56. The van der Waals surface area contributed by atoms with Gasteiger partial charge in [0.05, 0.1) is 19.3 Å². The highest BCUT2D eigenvalue weighted by atomic mass is 79.9. The quantitative estimate of drug-likeness (QED) is 0.782. The second kappa shape index (κ2) is 6.77. The van der Waals surface area contributed by atoms with E-state index in [2.05, 4.69) is 34.5 Å². The van der Waals surface area contributed by atoms with Crippen LogP contribution in [0.3, 0.4) is 0 Å². The smallest absolute Gasteiger partial charge is 0.337 e. The largest absolute Gasteiger partial charge is 0.465 e. The Balaban J connectivity index is 2.66. The van der Waals surface area contributed by atoms with E-state index >= 15 is 0 Å². The van der Waals surface area contributed by atoms with Crippen LogP contribution in [0, 0.1) is 5.92 Å². The summed E-state index contributed by atoms with van der Waals surface area (Å²) in [4.78, 5) is 11.3. The summed E-state index contributed by atoms with van der Waals surface area (Å²) in [6.07, 6.45) is 0. The van der Waals surface area contributed by atoms with Crippen molar-refractivity contribution in [1.82, 2.24) is 0 Å². The molecule has 0 fully saturated rings. The van der Waals surface area contributed by atoms with Crippen molar-refractivity contribution in [3.05, 3.63) is 33.8 Å². The molecule has 0 amide bonds. The van der Waals surface area contributed by atoms with Gasteiger partial charge in [-0.25, -0.2) is 4.79 Å². The van der Waals surface area contributed by atoms with Crippen molar-refractivity contribution < 1.29 is 14.3 Å². The second-order valence-electron chi connectivity index (χ2n) is 4.21. The van der Waals surface area contributed by atoms with Crippen molar-refractivity contribution in [2.45, 2.75) is 20.5 Å². The molecule has 17 heavy (non-hydrogen) atoms. The van der Waals surface area contributed by atoms with Gasteiger partial charge in [-0.05, 0) is 23.6 Å². The lowest BCUT2D eigenvalue weighted by Gasteiger charge is -2.09. The molecular formula is C13H17BrO3. The Bertz CT molecular complexity index is 388. The SMILES string of the molecule is COC(=O)c1ccc(COCC(C)C)c(Br)c1. The highest BCUT2D eigenvalue weighted by molar-refractivity contribution is 9.10. The van der Waals surface area contributed by atoms with Gasteiger partial charge in [-0.15, -0.1) is 0 Å². The first-order chi connectivity index (χ1) is 8.04. The molecular weight excluding hydrogens is 284 g/mol. The number of benzene rings is 1. The lowest BCUT2D eigenvalue weighted by atomic mass is 10.1. The molecule has 0 aliphatic carbocycles. The first-order valence-corrected chi connectivity index (χ1v) is 6.28. The van der Waals surface area contributed by atoms with Gasteiger partial charge >= 0.3 is 5.97 Å². The van der Waals surface area contributed by atoms with E-state index in [0.717, 1.165) is 16.6 Å². The molecule has 0 radical (unpaired) electrons. The summed E-state index contributed by atoms with van der Waals surface area (Å²) in [5, 5.41) is 0. The summed E-state index contributed by atoms with van der Waals surface area (Å²) < 4.78 is 11.1. The Labute approximate surface area is 110 Å². The van der Waals surface area contributed by atoms with E-state index in [-0.39, 0.29) is 5.97 Å². The predicted molar refractivity (Wildman–Crippen MR) is 70.0 cm³/mol. The highest BCUT2D eigenvalue weighted by Crippen LogP contribution is 2.20. The minimum atomic E-state index is -0.333. The third kappa shape index (κ3) is 4.48. The van der Waals surface area contributed by atoms with Gasteiger partial charge in [0, 0.05) is 11.1 Å². The van der Waals surface area contributed by atoms with Gasteiger partial charge in [-0.2, -0.15) is 0 Å². The molecule has 1 rings (SSSR count). The van der Waals surface area contributed by atoms with E-state index in [1.54, 1.807) is 12.1 Å². The number of carbonyl (C=O) groups excluding carboxylic acids is 1. The minimum Gasteiger partial charge on any atom is -0.465 e. The summed E-state index contributed by atoms with van der Waals surface area (Å²) in [5.74, 6) is 0.184. The summed E-state index contributed by atoms with van der Waals surface area (Å²) >= 11 is 3.42. The molecule has 0 aliphatic rings. The molecule has 3 nitrogen and oxygen atoms in total. The Kier molecular flexibility index (Phi) is 5.65. The number of methoxy groups -OCH3 is 1. The Morgan fingerprint density at radius 1 is 1.41 bits per heavy atom. The maximum atomic E-state index is 11.3. The number of esters is 1. The second-order valence-corrected chi connectivity index (χ2v) is 5.06. The van der Waals surface area contributed by atoms with Crippen molar-refractivity contribution in [2.75, 3.05) is 13.7 Å². The van der Waals surface area contributed by atoms with Gasteiger partial charge < -0.3 is 9.47 Å². The average Bonchev–Trinajstić information content (AvgIpc) is 2.29. The molecule has 0 heterocycles. The van der Waals surface area contributed by atoms with Crippen LogP contribution in [0.4, 0.5) is 0 Å². The zero-order valence-corrected chi connectivity index (χ0v) is 11.9. The molecule has 0 aliphatic heterocycles. The molecule has 0 atom stereocenters. The standard InChI is InChI=1S/C13H17BrO3/c1-9(2)7-17-8-11-5-4-10(6-12(11)14)13(15)16-3/h4-6,9H,7-8H2,1-3H3. The van der Waals surface area contributed by atoms with E-state index in [0.29, 0.717) is 18.1 Å². The minimum absolute atomic E-state index is 0.333. The monoisotopic (exact) mass is 300 g/mol. The molecule has 0 aromatic heterocycles. The molecule has 0 bridgehead atoms. The molecule has 94 valence electrons. The fourth-order valence-corrected chi connectivity index (χ4v) is 1.81. The Morgan fingerprint density at radius 2 is 2.12 bits per heavy atom. The third-order valence-corrected chi connectivity index (χ3v) is 2.92. The van der Waals surface area contributed by atoms with Crippen molar-refractivity contribution in [1.29, 1.82) is 0 Å². The van der Waals surface area contributed by atoms with Crippen LogP contribution >= 0.6 is 15.9 Å². The van der Waals surface area contributed by atoms with Crippen LogP contribution in [0.25, 0.3) is 0 Å². The lowest BCUT2D eigenvalue weighted by Crippen LogP contribution is -2.04. The summed E-state index contributed by atoms with van der Waals surface area (Å²) in [6, 6.07) is 5.36. The van der Waals surface area contributed by atoms with Gasteiger partial charge in [0.2, 0.25) is 0 Å². The van der Waals surface area contributed by atoms with Crippen LogP contribution in [0.1, 0.15) is 29.8 Å². The molecule has 0 spiro atoms. The van der Waals surface area contributed by atoms with Crippen LogP contribution in [0.15, 0.2) is 22.7 Å². The zero-order chi connectivity index (χ0) is 12.8. The number of rotatable bonds is 5. The summed E-state index contributed by atoms with van der Waals surface area (Å²) in [6.45, 7) is 5.48. The van der Waals surface area contributed by atoms with Crippen LogP contribution in [-0.2, 0) is 16.1 Å². The maximum Gasteiger partial charge on any atom is 0.337 e. The third-order valence-electron chi connectivity index (χ3n) is 2.18. The number of halogens is 1. The van der Waals surface area contributed by atoms with Crippen LogP contribution in [-0.4, -0.2) is 19.7 Å². The topological polar surface area (TPSA) is 35.5 Å². The summed E-state index contributed by atoms with van der Waals surface area (Å²) in [7, 11) is 1.37. The Morgan fingerprint density at radius 3 is 2.65 bits per heavy atom. The predicted octanol–water partition coefficient (Wildman–Crippen LogP) is 3.41. The normalized spacial score (nSPS) is 10.6. The van der Waals surface area contributed by atoms with E-state index in [4.69, 9.17) is 4.74 Å². The first-order valence-electron chi connectivity index (χ1n) is 5.49. The van der Waals surface area contributed by atoms with Gasteiger partial charge in [-0.1, -0.05) is 35.8 Å². The molecule has 0 unspecified atom stereocenters. The van der Waals surface area contributed by atoms with Gasteiger partial charge in [0.1, 0.15) is 0 Å². The fourth-order valence-electron chi connectivity index (χ4n) is 1.31. The van der Waals surface area contributed by atoms with Crippen LogP contribution in [0.5, 0.6) is 0 Å². The number of carbonyl (C=O) groups is 1. The van der Waals surface area contributed by atoms with Crippen molar-refractivity contribution in [3.8, 4) is 0 Å². The van der Waals surface area contributed by atoms with Crippen molar-refractivity contribution in [2.24, 2.45) is 5.92 Å². The van der Waals surface area contributed by atoms with Crippen LogP contribution < -0.4 is 0 Å². The van der Waals surface area contributed by atoms with Crippen molar-refractivity contribution in [3.63, 3.8) is 0 Å². The van der Waals surface area contributed by atoms with Gasteiger partial charge in [-0.3, -0.25) is 0 Å². The molecule has 1 aromatic rings. The average molecular weight is 301 g/mol. The number of hydrogen-bond acceptors (Lipinski definition) is 3. The Hall–Kier alpha value is -0.870. The van der Waals surface area contributed by atoms with Crippen molar-refractivity contribution >= 4 is 21.9 Å². The first kappa shape index (κ1) is 14.2. The zero-order valence-electron chi connectivity index (χ0n) is 10.3. The van der Waals surface area contributed by atoms with E-state index in [9.17, 15) is 4.79 Å². The van der Waals surface area contributed by atoms with Gasteiger partial charge in [0.25, 0.3) is 0 Å². The van der Waals surface area contributed by atoms with E-state index in [1.807, 2.05) is 6.07 Å². The van der Waals surface area contributed by atoms with E-state index < -0.39 is 0 Å². The van der Waals surface area contributed by atoms with Gasteiger partial charge in [0.15, 0.2) is 0 Å². The molecule has 0 saturated carbocycles. The molecule has 4 heteroatoms. The van der Waals surface area contributed by atoms with E-state index in [1.165, 1.54) is 7.11 Å². The molecule has 0 saturated heterocycles. The van der Waals surface area contributed by atoms with Crippen LogP contribution in [0.2, 0.25) is 0 Å². The lowest BCUT2D eigenvalue weighted by molar-refractivity contribution is 0.0600. The fraction of sp³-hybridized carbons (Fsp3) is 0.462. The molecule has 1 aromatic carbocycles. The number of hydrogen-bond donors (Lipinski definition) is 0. The number of ether oxygens (including phenoxy) is 2. The highest BCUT2D eigenvalue weighted by Gasteiger charge is 2.08. The maximum absolute atomic E-state index is 11.3.